The van der Waals surface area contributed by atoms with E-state index in [1.54, 1.807) is 5.01 Å². The van der Waals surface area contributed by atoms with E-state index >= 15 is 0 Å². The molecule has 0 spiro atoms. The third kappa shape index (κ3) is 4.14. The van der Waals surface area contributed by atoms with E-state index < -0.39 is 0 Å². The third-order valence-corrected chi connectivity index (χ3v) is 5.45. The number of benzene rings is 2. The van der Waals surface area contributed by atoms with Crippen LogP contribution in [0, 0.1) is 0 Å². The molecule has 1 aliphatic rings. The number of H-pyrrole nitrogens is 1. The van der Waals surface area contributed by atoms with Gasteiger partial charge in [-0.1, -0.05) is 73.3 Å². The van der Waals surface area contributed by atoms with Crippen LogP contribution in [0.3, 0.4) is 0 Å². The summed E-state index contributed by atoms with van der Waals surface area (Å²) < 4.78 is 0. The van der Waals surface area contributed by atoms with Gasteiger partial charge in [0.2, 0.25) is 5.16 Å². The van der Waals surface area contributed by atoms with Crippen LogP contribution in [0.25, 0.3) is 11.4 Å². The van der Waals surface area contributed by atoms with Crippen LogP contribution in [0.4, 0.5) is 0 Å². The zero-order valence-electron chi connectivity index (χ0n) is 15.6. The smallest absolute Gasteiger partial charge is 0.253 e. The molecule has 1 N–H and O–H groups in total. The highest BCUT2D eigenvalue weighted by Crippen LogP contribution is 2.21. The molecule has 0 aliphatic carbocycles. The Hall–Kier alpha value is -2.93. The van der Waals surface area contributed by atoms with Crippen molar-refractivity contribution in [3.63, 3.8) is 0 Å². The lowest BCUT2D eigenvalue weighted by atomic mass is 10.1. The molecule has 1 aromatic heterocycles. The molecular weight excluding hydrogens is 370 g/mol. The summed E-state index contributed by atoms with van der Waals surface area (Å²) in [4.78, 5) is 17.0. The number of hydrazone groups is 1. The lowest BCUT2D eigenvalue weighted by Gasteiger charge is -2.09. The van der Waals surface area contributed by atoms with E-state index in [-0.39, 0.29) is 11.7 Å². The fourth-order valence-electron chi connectivity index (χ4n) is 3.01. The number of aryl methyl sites for hydroxylation is 1. The normalized spacial score (nSPS) is 13.6. The molecular formula is C21H21N5OS. The number of nitrogens with one attached hydrogen (secondary N) is 1. The summed E-state index contributed by atoms with van der Waals surface area (Å²) in [7, 11) is 0. The summed E-state index contributed by atoms with van der Waals surface area (Å²) >= 11 is 1.32. The Labute approximate surface area is 168 Å². The second kappa shape index (κ2) is 8.39. The van der Waals surface area contributed by atoms with Gasteiger partial charge in [0.15, 0.2) is 5.82 Å². The van der Waals surface area contributed by atoms with Crippen molar-refractivity contribution in [3.05, 3.63) is 65.7 Å². The van der Waals surface area contributed by atoms with Gasteiger partial charge in [-0.3, -0.25) is 9.89 Å². The van der Waals surface area contributed by atoms with Crippen LogP contribution in [-0.4, -0.2) is 44.1 Å². The Morgan fingerprint density at radius 3 is 2.64 bits per heavy atom. The van der Waals surface area contributed by atoms with Gasteiger partial charge in [-0.2, -0.15) is 5.10 Å². The third-order valence-electron chi connectivity index (χ3n) is 4.62. The highest BCUT2D eigenvalue weighted by molar-refractivity contribution is 7.99. The van der Waals surface area contributed by atoms with E-state index in [0.717, 1.165) is 29.7 Å². The van der Waals surface area contributed by atoms with Gasteiger partial charge in [0, 0.05) is 12.0 Å². The van der Waals surface area contributed by atoms with E-state index in [1.807, 2.05) is 42.5 Å². The minimum atomic E-state index is -0.0328. The summed E-state index contributed by atoms with van der Waals surface area (Å²) in [5, 5.41) is 13.8. The molecule has 2 aromatic carbocycles. The van der Waals surface area contributed by atoms with Crippen LogP contribution in [0.5, 0.6) is 0 Å². The zero-order valence-corrected chi connectivity index (χ0v) is 16.4. The number of carbonyl (C=O) groups is 1. The quantitative estimate of drug-likeness (QED) is 0.649. The van der Waals surface area contributed by atoms with E-state index in [1.165, 1.54) is 17.3 Å². The molecule has 0 bridgehead atoms. The molecule has 0 unspecified atom stereocenters. The van der Waals surface area contributed by atoms with Gasteiger partial charge >= 0.3 is 0 Å². The van der Waals surface area contributed by atoms with Crippen molar-refractivity contribution in [2.45, 2.75) is 24.9 Å². The number of hydrogen-bond donors (Lipinski definition) is 1. The first kappa shape index (κ1) is 18.4. The molecule has 6 nitrogen and oxygen atoms in total. The second-order valence-electron chi connectivity index (χ2n) is 6.49. The number of amides is 1. The molecule has 2 heterocycles. The summed E-state index contributed by atoms with van der Waals surface area (Å²) in [5.41, 5.74) is 4.29. The number of hydrogen-bond acceptors (Lipinski definition) is 5. The van der Waals surface area contributed by atoms with Crippen LogP contribution in [-0.2, 0) is 11.2 Å². The molecule has 28 heavy (non-hydrogen) atoms. The topological polar surface area (TPSA) is 74.2 Å². The zero-order chi connectivity index (χ0) is 19.3. The van der Waals surface area contributed by atoms with Gasteiger partial charge in [0.05, 0.1) is 18.0 Å². The van der Waals surface area contributed by atoms with Crippen molar-refractivity contribution in [3.8, 4) is 11.4 Å². The van der Waals surface area contributed by atoms with Crippen molar-refractivity contribution < 1.29 is 4.79 Å². The summed E-state index contributed by atoms with van der Waals surface area (Å²) in [5.74, 6) is 0.940. The lowest BCUT2D eigenvalue weighted by molar-refractivity contribution is -0.127. The fourth-order valence-corrected chi connectivity index (χ4v) is 3.68. The van der Waals surface area contributed by atoms with E-state index in [0.29, 0.717) is 17.5 Å². The van der Waals surface area contributed by atoms with Gasteiger partial charge in [0.25, 0.3) is 5.91 Å². The Balaban J connectivity index is 1.35. The number of nitrogens with zero attached hydrogens (tertiary/aromatic N) is 4. The summed E-state index contributed by atoms with van der Waals surface area (Å²) in [6, 6.07) is 18.2. The molecule has 0 saturated heterocycles. The summed E-state index contributed by atoms with van der Waals surface area (Å²) in [6.45, 7) is 2.75. The maximum atomic E-state index is 12.5. The Bertz CT molecular complexity index is 982. The standard InChI is InChI=1S/C21H21N5OS/c1-2-15-8-10-17(11-9-15)20-22-21(24-23-20)28-14-19(27)26-13-12-18(25-26)16-6-4-3-5-7-16/h3-11H,2,12-14H2,1H3,(H,22,23,24). The monoisotopic (exact) mass is 391 g/mol. The molecule has 1 amide bonds. The maximum Gasteiger partial charge on any atom is 0.253 e. The molecule has 142 valence electrons. The highest BCUT2D eigenvalue weighted by atomic mass is 32.2. The van der Waals surface area contributed by atoms with Crippen molar-refractivity contribution >= 4 is 23.4 Å². The van der Waals surface area contributed by atoms with Crippen LogP contribution in [0.1, 0.15) is 24.5 Å². The minimum Gasteiger partial charge on any atom is -0.272 e. The predicted molar refractivity (Wildman–Crippen MR) is 111 cm³/mol. The van der Waals surface area contributed by atoms with Gasteiger partial charge in [-0.25, -0.2) is 9.99 Å². The van der Waals surface area contributed by atoms with Gasteiger partial charge in [-0.15, -0.1) is 5.10 Å². The second-order valence-corrected chi connectivity index (χ2v) is 7.43. The van der Waals surface area contributed by atoms with Gasteiger partial charge < -0.3 is 0 Å². The van der Waals surface area contributed by atoms with E-state index in [2.05, 4.69) is 39.3 Å². The lowest BCUT2D eigenvalue weighted by Crippen LogP contribution is -2.25. The average molecular weight is 392 g/mol. The number of aromatic nitrogens is 3. The van der Waals surface area contributed by atoms with Crippen molar-refractivity contribution in [1.29, 1.82) is 0 Å². The van der Waals surface area contributed by atoms with Gasteiger partial charge in [0.1, 0.15) is 0 Å². The molecule has 0 fully saturated rings. The number of carbonyl (C=O) groups excluding carboxylic acids is 1. The Morgan fingerprint density at radius 2 is 1.89 bits per heavy atom. The van der Waals surface area contributed by atoms with Crippen molar-refractivity contribution in [2.75, 3.05) is 12.3 Å². The van der Waals surface area contributed by atoms with Crippen LogP contribution < -0.4 is 0 Å². The number of aromatic amines is 1. The molecule has 0 saturated carbocycles. The van der Waals surface area contributed by atoms with E-state index in [4.69, 9.17) is 0 Å². The first-order valence-corrected chi connectivity index (χ1v) is 10.3. The Morgan fingerprint density at radius 1 is 1.11 bits per heavy atom. The first-order chi connectivity index (χ1) is 13.7. The molecule has 0 radical (unpaired) electrons. The number of thioether (sulfide) groups is 1. The maximum absolute atomic E-state index is 12.5. The van der Waals surface area contributed by atoms with Crippen LogP contribution >= 0.6 is 11.8 Å². The van der Waals surface area contributed by atoms with Crippen LogP contribution in [0.2, 0.25) is 0 Å². The SMILES string of the molecule is CCc1ccc(-c2nc(SCC(=O)N3CCC(c4ccccc4)=N3)n[nH]2)cc1. The molecule has 7 heteroatoms. The predicted octanol–water partition coefficient (Wildman–Crippen LogP) is 3.76. The van der Waals surface area contributed by atoms with Crippen molar-refractivity contribution in [2.24, 2.45) is 5.10 Å². The Kier molecular flexibility index (Phi) is 5.53. The first-order valence-electron chi connectivity index (χ1n) is 9.30. The summed E-state index contributed by atoms with van der Waals surface area (Å²) in [6.07, 6.45) is 1.78. The highest BCUT2D eigenvalue weighted by Gasteiger charge is 2.22. The largest absolute Gasteiger partial charge is 0.272 e. The van der Waals surface area contributed by atoms with Crippen LogP contribution in [0.15, 0.2) is 64.9 Å². The van der Waals surface area contributed by atoms with Gasteiger partial charge in [-0.05, 0) is 17.5 Å². The molecule has 4 rings (SSSR count). The van der Waals surface area contributed by atoms with Crippen molar-refractivity contribution in [1.82, 2.24) is 20.2 Å². The molecule has 3 aromatic rings. The molecule has 1 aliphatic heterocycles. The number of rotatable bonds is 6. The fraction of sp³-hybridized carbons (Fsp3) is 0.238. The van der Waals surface area contributed by atoms with E-state index in [9.17, 15) is 4.79 Å². The molecule has 0 atom stereocenters. The average Bonchev–Trinajstić information content (AvgIpc) is 3.43. The minimum absolute atomic E-state index is 0.0328.